The van der Waals surface area contributed by atoms with Crippen LogP contribution in [-0.4, -0.2) is 46.3 Å². The summed E-state index contributed by atoms with van der Waals surface area (Å²) < 4.78 is 1.82. The van der Waals surface area contributed by atoms with Gasteiger partial charge in [0.1, 0.15) is 0 Å². The lowest BCUT2D eigenvalue weighted by Crippen LogP contribution is -2.49. The summed E-state index contributed by atoms with van der Waals surface area (Å²) in [6.45, 7) is 7.04. The molecule has 1 amide bonds. The smallest absolute Gasteiger partial charge is 0.227 e. The molecule has 0 saturated carbocycles. The first-order valence-electron chi connectivity index (χ1n) is 8.07. The van der Waals surface area contributed by atoms with Crippen molar-refractivity contribution in [1.29, 1.82) is 0 Å². The Labute approximate surface area is 138 Å². The molecule has 0 bridgehead atoms. The first-order chi connectivity index (χ1) is 10.1. The molecule has 4 atom stereocenters. The van der Waals surface area contributed by atoms with Crippen molar-refractivity contribution < 1.29 is 4.79 Å². The first kappa shape index (κ1) is 17.3. The van der Waals surface area contributed by atoms with Crippen LogP contribution in [0.5, 0.6) is 0 Å². The molecule has 0 aromatic carbocycles. The number of halogens is 1. The van der Waals surface area contributed by atoms with Gasteiger partial charge in [-0.15, -0.1) is 12.4 Å². The molecule has 22 heavy (non-hydrogen) atoms. The predicted molar refractivity (Wildman–Crippen MR) is 89.1 cm³/mol. The number of amides is 1. The van der Waals surface area contributed by atoms with Gasteiger partial charge in [0, 0.05) is 44.8 Å². The monoisotopic (exact) mass is 326 g/mol. The second kappa shape index (κ2) is 7.01. The fourth-order valence-corrected chi connectivity index (χ4v) is 3.78. The van der Waals surface area contributed by atoms with Crippen molar-refractivity contribution >= 4 is 18.3 Å². The van der Waals surface area contributed by atoms with Gasteiger partial charge in [-0.25, -0.2) is 0 Å². The lowest BCUT2D eigenvalue weighted by molar-refractivity contribution is -0.140. The number of rotatable bonds is 2. The molecular formula is C16H27ClN4O. The van der Waals surface area contributed by atoms with Crippen LogP contribution < -0.4 is 5.32 Å². The van der Waals surface area contributed by atoms with Crippen LogP contribution in [0.25, 0.3) is 0 Å². The molecule has 0 radical (unpaired) electrons. The highest BCUT2D eigenvalue weighted by molar-refractivity contribution is 5.85. The molecule has 5 nitrogen and oxygen atoms in total. The largest absolute Gasteiger partial charge is 0.339 e. The van der Waals surface area contributed by atoms with Gasteiger partial charge in [0.25, 0.3) is 0 Å². The number of aryl methyl sites for hydroxylation is 1. The van der Waals surface area contributed by atoms with Gasteiger partial charge in [0.05, 0.1) is 12.1 Å². The molecule has 1 aromatic heterocycles. The number of aromatic nitrogens is 2. The number of likely N-dealkylation sites (tertiary alicyclic amines) is 1. The molecule has 0 aliphatic carbocycles. The van der Waals surface area contributed by atoms with E-state index in [1.54, 1.807) is 0 Å². The first-order valence-corrected chi connectivity index (χ1v) is 8.07. The SMILES string of the molecule is CC1CCCN(C(=O)[C@H]2CNC[C@@H]2c2cnn(C)c2)C1C.Cl. The minimum atomic E-state index is 0. The maximum atomic E-state index is 13.0. The Hall–Kier alpha value is -1.07. The summed E-state index contributed by atoms with van der Waals surface area (Å²) in [6.07, 6.45) is 6.31. The molecule has 3 heterocycles. The summed E-state index contributed by atoms with van der Waals surface area (Å²) in [5.41, 5.74) is 1.18. The average molecular weight is 327 g/mol. The van der Waals surface area contributed by atoms with E-state index in [0.29, 0.717) is 17.9 Å². The fraction of sp³-hybridized carbons (Fsp3) is 0.750. The lowest BCUT2D eigenvalue weighted by atomic mass is 9.86. The van der Waals surface area contributed by atoms with Gasteiger partial charge in [-0.3, -0.25) is 9.48 Å². The number of nitrogens with zero attached hydrogens (tertiary/aromatic N) is 3. The van der Waals surface area contributed by atoms with E-state index in [1.807, 2.05) is 24.1 Å². The van der Waals surface area contributed by atoms with Gasteiger partial charge in [0.15, 0.2) is 0 Å². The Balaban J connectivity index is 0.00000176. The van der Waals surface area contributed by atoms with Gasteiger partial charge in [-0.1, -0.05) is 6.92 Å². The summed E-state index contributed by atoms with van der Waals surface area (Å²) >= 11 is 0. The van der Waals surface area contributed by atoms with Crippen molar-refractivity contribution in [1.82, 2.24) is 20.0 Å². The van der Waals surface area contributed by atoms with Crippen LogP contribution in [0, 0.1) is 11.8 Å². The third-order valence-corrected chi connectivity index (χ3v) is 5.34. The van der Waals surface area contributed by atoms with Crippen LogP contribution in [0.4, 0.5) is 0 Å². The molecule has 1 N–H and O–H groups in total. The normalized spacial score (nSPS) is 31.9. The van der Waals surface area contributed by atoms with Crippen LogP contribution >= 0.6 is 12.4 Å². The van der Waals surface area contributed by atoms with Crippen molar-refractivity contribution in [2.45, 2.75) is 38.6 Å². The van der Waals surface area contributed by atoms with Crippen molar-refractivity contribution in [3.05, 3.63) is 18.0 Å². The minimum absolute atomic E-state index is 0. The van der Waals surface area contributed by atoms with E-state index in [2.05, 4.69) is 29.2 Å². The summed E-state index contributed by atoms with van der Waals surface area (Å²) in [5, 5.41) is 7.65. The molecule has 2 aliphatic rings. The van der Waals surface area contributed by atoms with E-state index in [1.165, 1.54) is 12.0 Å². The molecule has 2 aliphatic heterocycles. The molecule has 2 fully saturated rings. The summed E-state index contributed by atoms with van der Waals surface area (Å²) in [5.74, 6) is 1.25. The molecule has 124 valence electrons. The maximum Gasteiger partial charge on any atom is 0.227 e. The lowest BCUT2D eigenvalue weighted by Gasteiger charge is -2.40. The molecule has 2 saturated heterocycles. The number of carbonyl (C=O) groups is 1. The summed E-state index contributed by atoms with van der Waals surface area (Å²) in [4.78, 5) is 15.1. The van der Waals surface area contributed by atoms with Crippen LogP contribution in [-0.2, 0) is 11.8 Å². The molecule has 6 heteroatoms. The Morgan fingerprint density at radius 2 is 2.14 bits per heavy atom. The van der Waals surface area contributed by atoms with Gasteiger partial charge < -0.3 is 10.2 Å². The van der Waals surface area contributed by atoms with Crippen molar-refractivity contribution in [2.24, 2.45) is 18.9 Å². The number of carbonyl (C=O) groups excluding carboxylic acids is 1. The Kier molecular flexibility index (Phi) is 5.50. The third kappa shape index (κ3) is 3.15. The highest BCUT2D eigenvalue weighted by Gasteiger charge is 2.39. The Morgan fingerprint density at radius 3 is 2.82 bits per heavy atom. The standard InChI is InChI=1S/C16H26N4O.ClH/c1-11-5-4-6-20(12(11)2)16(21)15-9-17-8-14(15)13-7-18-19(3)10-13;/h7,10-12,14-15,17H,4-6,8-9H2,1-3H3;1H/t11?,12?,14-,15+;/m1./s1. The number of nitrogens with one attached hydrogen (secondary N) is 1. The summed E-state index contributed by atoms with van der Waals surface area (Å²) in [7, 11) is 1.93. The van der Waals surface area contributed by atoms with Gasteiger partial charge in [-0.2, -0.15) is 5.10 Å². The Morgan fingerprint density at radius 1 is 1.36 bits per heavy atom. The maximum absolute atomic E-state index is 13.0. The van der Waals surface area contributed by atoms with Crippen LogP contribution in [0.2, 0.25) is 0 Å². The molecule has 3 rings (SSSR count). The predicted octanol–water partition coefficient (Wildman–Crippen LogP) is 1.79. The number of hydrogen-bond acceptors (Lipinski definition) is 3. The van der Waals surface area contributed by atoms with Crippen LogP contribution in [0.3, 0.4) is 0 Å². The van der Waals surface area contributed by atoms with Crippen LogP contribution in [0.1, 0.15) is 38.2 Å². The van der Waals surface area contributed by atoms with Crippen LogP contribution in [0.15, 0.2) is 12.4 Å². The summed E-state index contributed by atoms with van der Waals surface area (Å²) in [6, 6.07) is 0.362. The molecule has 0 spiro atoms. The third-order valence-electron chi connectivity index (χ3n) is 5.34. The van der Waals surface area contributed by atoms with E-state index in [9.17, 15) is 4.79 Å². The Bertz CT molecular complexity index is 518. The molecular weight excluding hydrogens is 300 g/mol. The van der Waals surface area contributed by atoms with Crippen molar-refractivity contribution in [2.75, 3.05) is 19.6 Å². The highest BCUT2D eigenvalue weighted by atomic mass is 35.5. The van der Waals surface area contributed by atoms with E-state index in [0.717, 1.165) is 26.1 Å². The van der Waals surface area contributed by atoms with Gasteiger partial charge in [-0.05, 0) is 31.2 Å². The van der Waals surface area contributed by atoms with Crippen molar-refractivity contribution in [3.8, 4) is 0 Å². The number of hydrogen-bond donors (Lipinski definition) is 1. The van der Waals surface area contributed by atoms with Gasteiger partial charge >= 0.3 is 0 Å². The van der Waals surface area contributed by atoms with E-state index in [4.69, 9.17) is 0 Å². The zero-order valence-corrected chi connectivity index (χ0v) is 14.5. The highest BCUT2D eigenvalue weighted by Crippen LogP contribution is 2.32. The minimum Gasteiger partial charge on any atom is -0.339 e. The van der Waals surface area contributed by atoms with E-state index in [-0.39, 0.29) is 24.2 Å². The zero-order chi connectivity index (χ0) is 15.0. The molecule has 2 unspecified atom stereocenters. The second-order valence-electron chi connectivity index (χ2n) is 6.71. The number of piperidine rings is 1. The van der Waals surface area contributed by atoms with E-state index >= 15 is 0 Å². The topological polar surface area (TPSA) is 50.2 Å². The molecule has 1 aromatic rings. The average Bonchev–Trinajstić information content (AvgIpc) is 3.09. The zero-order valence-electron chi connectivity index (χ0n) is 13.7. The van der Waals surface area contributed by atoms with Crippen molar-refractivity contribution in [3.63, 3.8) is 0 Å². The van der Waals surface area contributed by atoms with E-state index < -0.39 is 0 Å². The quantitative estimate of drug-likeness (QED) is 0.901. The van der Waals surface area contributed by atoms with Gasteiger partial charge in [0.2, 0.25) is 5.91 Å². The fourth-order valence-electron chi connectivity index (χ4n) is 3.78. The second-order valence-corrected chi connectivity index (χ2v) is 6.71.